The molecule has 0 unspecified atom stereocenters. The molecule has 1 saturated heterocycles. The molecule has 0 bridgehead atoms. The third kappa shape index (κ3) is 0.769. The summed E-state index contributed by atoms with van der Waals surface area (Å²) in [5, 5.41) is 30.4. The Labute approximate surface area is 58.5 Å². The normalized spacial score (nSPS) is 59.7. The Morgan fingerprint density at radius 2 is 1.80 bits per heavy atom. The van der Waals surface area contributed by atoms with E-state index >= 15 is 0 Å². The molecular formula is C6H11NO3. The molecule has 58 valence electrons. The van der Waals surface area contributed by atoms with E-state index in [0.29, 0.717) is 6.42 Å². The zero-order chi connectivity index (χ0) is 7.30. The molecule has 1 aliphatic heterocycles. The molecule has 1 heterocycles. The zero-order valence-electron chi connectivity index (χ0n) is 5.44. The summed E-state index contributed by atoms with van der Waals surface area (Å²) in [7, 11) is 0. The van der Waals surface area contributed by atoms with E-state index in [4.69, 9.17) is 10.2 Å². The highest BCUT2D eigenvalue weighted by Gasteiger charge is 2.51. The lowest BCUT2D eigenvalue weighted by molar-refractivity contribution is -0.0738. The lowest BCUT2D eigenvalue weighted by Crippen LogP contribution is -2.45. The van der Waals surface area contributed by atoms with Crippen molar-refractivity contribution in [1.29, 1.82) is 0 Å². The molecule has 0 aromatic heterocycles. The molecule has 1 saturated carbocycles. The van der Waals surface area contributed by atoms with E-state index < -0.39 is 18.3 Å². The van der Waals surface area contributed by atoms with Crippen molar-refractivity contribution >= 4 is 0 Å². The van der Waals surface area contributed by atoms with Crippen molar-refractivity contribution in [1.82, 2.24) is 5.32 Å². The Hall–Kier alpha value is -0.160. The number of nitrogens with one attached hydrogen (secondary N) is 1. The van der Waals surface area contributed by atoms with Crippen molar-refractivity contribution in [3.05, 3.63) is 0 Å². The molecule has 0 amide bonds. The minimum Gasteiger partial charge on any atom is -0.390 e. The van der Waals surface area contributed by atoms with Crippen LogP contribution < -0.4 is 5.32 Å². The summed E-state index contributed by atoms with van der Waals surface area (Å²) < 4.78 is 0. The maximum absolute atomic E-state index is 9.19. The van der Waals surface area contributed by atoms with Gasteiger partial charge >= 0.3 is 0 Å². The Balaban J connectivity index is 2.07. The largest absolute Gasteiger partial charge is 0.390 e. The van der Waals surface area contributed by atoms with E-state index in [1.807, 2.05) is 0 Å². The predicted molar refractivity (Wildman–Crippen MR) is 33.3 cm³/mol. The van der Waals surface area contributed by atoms with E-state index in [1.165, 1.54) is 0 Å². The van der Waals surface area contributed by atoms with Gasteiger partial charge in [0.25, 0.3) is 0 Å². The van der Waals surface area contributed by atoms with E-state index in [0.717, 1.165) is 0 Å². The van der Waals surface area contributed by atoms with Gasteiger partial charge in [0.2, 0.25) is 0 Å². The molecule has 2 aliphatic rings. The van der Waals surface area contributed by atoms with Crippen LogP contribution in [0.15, 0.2) is 0 Å². The molecule has 4 nitrogen and oxygen atoms in total. The first-order chi connectivity index (χ1) is 4.70. The summed E-state index contributed by atoms with van der Waals surface area (Å²) in [4.78, 5) is 0. The van der Waals surface area contributed by atoms with E-state index in [9.17, 15) is 5.11 Å². The molecule has 10 heavy (non-hydrogen) atoms. The zero-order valence-corrected chi connectivity index (χ0v) is 5.44. The van der Waals surface area contributed by atoms with Gasteiger partial charge in [-0.3, -0.25) is 0 Å². The first-order valence-corrected chi connectivity index (χ1v) is 3.50. The van der Waals surface area contributed by atoms with Crippen molar-refractivity contribution in [2.45, 2.75) is 36.8 Å². The van der Waals surface area contributed by atoms with E-state index in [2.05, 4.69) is 5.32 Å². The molecule has 0 aromatic carbocycles. The number of fused-ring (bicyclic) bond motifs is 1. The Kier molecular flexibility index (Phi) is 1.25. The van der Waals surface area contributed by atoms with Crippen molar-refractivity contribution < 1.29 is 15.3 Å². The SMILES string of the molecule is O[C@@H]1[C@@H](O)[C@@H](O)C[C@H]2N[C@@H]12. The average molecular weight is 145 g/mol. The Morgan fingerprint density at radius 3 is 2.50 bits per heavy atom. The molecular weight excluding hydrogens is 134 g/mol. The number of aliphatic hydroxyl groups excluding tert-OH is 3. The van der Waals surface area contributed by atoms with Gasteiger partial charge in [-0.1, -0.05) is 0 Å². The van der Waals surface area contributed by atoms with Gasteiger partial charge in [0.15, 0.2) is 0 Å². The second-order valence-electron chi connectivity index (χ2n) is 3.08. The van der Waals surface area contributed by atoms with Crippen LogP contribution in [0.4, 0.5) is 0 Å². The van der Waals surface area contributed by atoms with Crippen LogP contribution in [0.25, 0.3) is 0 Å². The van der Waals surface area contributed by atoms with E-state index in [-0.39, 0.29) is 12.1 Å². The fourth-order valence-electron chi connectivity index (χ4n) is 1.58. The van der Waals surface area contributed by atoms with Crippen molar-refractivity contribution in [3.8, 4) is 0 Å². The van der Waals surface area contributed by atoms with Crippen LogP contribution in [0.1, 0.15) is 6.42 Å². The predicted octanol–water partition coefficient (Wildman–Crippen LogP) is -2.19. The lowest BCUT2D eigenvalue weighted by Gasteiger charge is -2.25. The first-order valence-electron chi connectivity index (χ1n) is 3.50. The summed E-state index contributed by atoms with van der Waals surface area (Å²) in [6, 6.07) is 0.256. The Morgan fingerprint density at radius 1 is 1.10 bits per heavy atom. The van der Waals surface area contributed by atoms with Gasteiger partial charge in [0, 0.05) is 6.04 Å². The summed E-state index contributed by atoms with van der Waals surface area (Å²) in [6.07, 6.45) is -1.95. The molecule has 5 atom stereocenters. The van der Waals surface area contributed by atoms with Crippen LogP contribution >= 0.6 is 0 Å². The molecule has 0 radical (unpaired) electrons. The minimum absolute atomic E-state index is 0.0263. The number of aliphatic hydroxyl groups is 3. The highest BCUT2D eigenvalue weighted by atomic mass is 16.4. The maximum Gasteiger partial charge on any atom is 0.107 e. The fraction of sp³-hybridized carbons (Fsp3) is 1.00. The number of hydrogen-bond donors (Lipinski definition) is 4. The third-order valence-electron chi connectivity index (χ3n) is 2.34. The molecule has 2 fully saturated rings. The monoisotopic (exact) mass is 145 g/mol. The van der Waals surface area contributed by atoms with Gasteiger partial charge in [-0.05, 0) is 6.42 Å². The molecule has 1 aliphatic carbocycles. The molecule has 4 N–H and O–H groups in total. The van der Waals surface area contributed by atoms with Crippen LogP contribution in [-0.2, 0) is 0 Å². The van der Waals surface area contributed by atoms with Crippen LogP contribution in [0.5, 0.6) is 0 Å². The van der Waals surface area contributed by atoms with Gasteiger partial charge in [-0.15, -0.1) is 0 Å². The topological polar surface area (TPSA) is 82.6 Å². The van der Waals surface area contributed by atoms with Crippen molar-refractivity contribution in [3.63, 3.8) is 0 Å². The first kappa shape index (κ1) is 6.54. The molecule has 4 heteroatoms. The molecule has 0 spiro atoms. The molecule has 0 aromatic rings. The van der Waals surface area contributed by atoms with Gasteiger partial charge in [-0.2, -0.15) is 0 Å². The highest BCUT2D eigenvalue weighted by Crippen LogP contribution is 2.29. The summed E-state index contributed by atoms with van der Waals surface area (Å²) in [6.45, 7) is 0. The smallest absolute Gasteiger partial charge is 0.107 e. The maximum atomic E-state index is 9.19. The quantitative estimate of drug-likeness (QED) is 0.292. The van der Waals surface area contributed by atoms with Gasteiger partial charge in [0.1, 0.15) is 6.10 Å². The van der Waals surface area contributed by atoms with Crippen LogP contribution in [0.3, 0.4) is 0 Å². The number of hydrogen-bond acceptors (Lipinski definition) is 4. The summed E-state index contributed by atoms with van der Waals surface area (Å²) >= 11 is 0. The summed E-state index contributed by atoms with van der Waals surface area (Å²) in [5.41, 5.74) is 0. The second kappa shape index (κ2) is 1.92. The second-order valence-corrected chi connectivity index (χ2v) is 3.08. The number of rotatable bonds is 0. The van der Waals surface area contributed by atoms with Crippen molar-refractivity contribution in [2.24, 2.45) is 0 Å². The van der Waals surface area contributed by atoms with Crippen LogP contribution in [-0.4, -0.2) is 45.7 Å². The van der Waals surface area contributed by atoms with Gasteiger partial charge in [0.05, 0.1) is 18.2 Å². The van der Waals surface area contributed by atoms with Crippen LogP contribution in [0.2, 0.25) is 0 Å². The Bertz CT molecular complexity index is 150. The fourth-order valence-corrected chi connectivity index (χ4v) is 1.58. The average Bonchev–Trinajstić information content (AvgIpc) is 2.62. The molecule has 2 rings (SSSR count). The lowest BCUT2D eigenvalue weighted by atomic mass is 9.92. The van der Waals surface area contributed by atoms with Gasteiger partial charge in [-0.25, -0.2) is 0 Å². The third-order valence-corrected chi connectivity index (χ3v) is 2.34. The standard InChI is InChI=1S/C6H11NO3/c8-3-1-2-4(7-2)6(10)5(3)9/h2-10H,1H2/t2-,3+,4-,5+,6+/m1/s1. The van der Waals surface area contributed by atoms with Crippen LogP contribution in [0, 0.1) is 0 Å². The summed E-state index contributed by atoms with van der Waals surface area (Å²) in [5.74, 6) is 0. The van der Waals surface area contributed by atoms with Gasteiger partial charge < -0.3 is 20.6 Å². The van der Waals surface area contributed by atoms with Crippen molar-refractivity contribution in [2.75, 3.05) is 0 Å². The highest BCUT2D eigenvalue weighted by molar-refractivity contribution is 5.11. The minimum atomic E-state index is -0.962. The van der Waals surface area contributed by atoms with E-state index in [1.54, 1.807) is 0 Å².